The fraction of sp³-hybridized carbons (Fsp3) is 0.619. The second-order valence-electron chi connectivity index (χ2n) is 6.92. The van der Waals surface area contributed by atoms with E-state index in [9.17, 15) is 4.79 Å². The third-order valence-electron chi connectivity index (χ3n) is 4.68. The van der Waals surface area contributed by atoms with E-state index in [-0.39, 0.29) is 29.9 Å². The molecule has 0 aliphatic rings. The first-order valence-electron chi connectivity index (χ1n) is 9.90. The van der Waals surface area contributed by atoms with E-state index >= 15 is 0 Å². The number of halogens is 1. The van der Waals surface area contributed by atoms with Crippen LogP contribution in [-0.2, 0) is 11.2 Å². The Balaban J connectivity index is 0.00000729. The highest BCUT2D eigenvalue weighted by atomic mass is 127. The molecule has 0 bridgehead atoms. The van der Waals surface area contributed by atoms with Crippen LogP contribution in [0.4, 0.5) is 0 Å². The first-order chi connectivity index (χ1) is 12.9. The lowest BCUT2D eigenvalue weighted by atomic mass is 10.1. The van der Waals surface area contributed by atoms with E-state index in [1.54, 1.807) is 0 Å². The SMILES string of the molecule is CCNC(=NCC(Cc1ccccc1)N(C)C)N(C)CC(=O)N(CC)CC.I. The van der Waals surface area contributed by atoms with Crippen molar-refractivity contribution in [3.8, 4) is 0 Å². The normalized spacial score (nSPS) is 12.3. The molecule has 0 saturated carbocycles. The number of nitrogens with one attached hydrogen (secondary N) is 1. The smallest absolute Gasteiger partial charge is 0.242 e. The molecule has 0 radical (unpaired) electrons. The van der Waals surface area contributed by atoms with Gasteiger partial charge in [-0.15, -0.1) is 24.0 Å². The van der Waals surface area contributed by atoms with Crippen molar-refractivity contribution in [2.45, 2.75) is 33.2 Å². The van der Waals surface area contributed by atoms with Gasteiger partial charge in [0, 0.05) is 32.7 Å². The van der Waals surface area contributed by atoms with Crippen molar-refractivity contribution >= 4 is 35.8 Å². The van der Waals surface area contributed by atoms with Crippen molar-refractivity contribution < 1.29 is 4.79 Å². The van der Waals surface area contributed by atoms with Crippen LogP contribution in [-0.4, -0.2) is 86.5 Å². The maximum Gasteiger partial charge on any atom is 0.242 e. The Hall–Kier alpha value is -1.35. The highest BCUT2D eigenvalue weighted by Crippen LogP contribution is 2.07. The van der Waals surface area contributed by atoms with Crippen molar-refractivity contribution in [1.82, 2.24) is 20.0 Å². The summed E-state index contributed by atoms with van der Waals surface area (Å²) in [5.74, 6) is 0.902. The third kappa shape index (κ3) is 9.23. The van der Waals surface area contributed by atoms with Gasteiger partial charge in [-0.2, -0.15) is 0 Å². The van der Waals surface area contributed by atoms with Gasteiger partial charge in [0.15, 0.2) is 5.96 Å². The van der Waals surface area contributed by atoms with E-state index in [0.29, 0.717) is 19.1 Å². The number of carbonyl (C=O) groups is 1. The second-order valence-corrected chi connectivity index (χ2v) is 6.92. The molecule has 1 N–H and O–H groups in total. The molecule has 0 aliphatic carbocycles. The van der Waals surface area contributed by atoms with Crippen molar-refractivity contribution in [1.29, 1.82) is 0 Å². The first kappa shape index (κ1) is 26.6. The number of hydrogen-bond acceptors (Lipinski definition) is 3. The molecule has 1 rings (SSSR count). The van der Waals surface area contributed by atoms with E-state index in [4.69, 9.17) is 4.99 Å². The van der Waals surface area contributed by atoms with Gasteiger partial charge in [-0.1, -0.05) is 30.3 Å². The molecule has 0 fully saturated rings. The number of benzene rings is 1. The Labute approximate surface area is 188 Å². The molecule has 28 heavy (non-hydrogen) atoms. The molecular formula is C21H38IN5O. The van der Waals surface area contributed by atoms with Crippen molar-refractivity contribution in [2.24, 2.45) is 4.99 Å². The molecule has 0 spiro atoms. The van der Waals surface area contributed by atoms with Gasteiger partial charge >= 0.3 is 0 Å². The minimum absolute atomic E-state index is 0. The fourth-order valence-corrected chi connectivity index (χ4v) is 2.91. The van der Waals surface area contributed by atoms with Gasteiger partial charge in [0.2, 0.25) is 5.91 Å². The minimum atomic E-state index is 0. The molecule has 160 valence electrons. The highest BCUT2D eigenvalue weighted by molar-refractivity contribution is 14.0. The molecular weight excluding hydrogens is 465 g/mol. The zero-order valence-corrected chi connectivity index (χ0v) is 20.6. The molecule has 1 amide bonds. The number of carbonyl (C=O) groups excluding carboxylic acids is 1. The van der Waals surface area contributed by atoms with Crippen LogP contribution in [0, 0.1) is 0 Å². The van der Waals surface area contributed by atoms with Gasteiger partial charge in [0.1, 0.15) is 0 Å². The molecule has 1 aromatic rings. The molecule has 7 heteroatoms. The Bertz CT molecular complexity index is 575. The van der Waals surface area contributed by atoms with Crippen LogP contribution >= 0.6 is 24.0 Å². The highest BCUT2D eigenvalue weighted by Gasteiger charge is 2.17. The summed E-state index contributed by atoms with van der Waals surface area (Å²) >= 11 is 0. The summed E-state index contributed by atoms with van der Waals surface area (Å²) in [5, 5.41) is 3.31. The lowest BCUT2D eigenvalue weighted by Gasteiger charge is -2.27. The minimum Gasteiger partial charge on any atom is -0.357 e. The maximum atomic E-state index is 12.4. The molecule has 1 atom stereocenters. The maximum absolute atomic E-state index is 12.4. The number of rotatable bonds is 10. The van der Waals surface area contributed by atoms with Crippen LogP contribution in [0.2, 0.25) is 0 Å². The summed E-state index contributed by atoms with van der Waals surface area (Å²) in [7, 11) is 6.10. The zero-order valence-electron chi connectivity index (χ0n) is 18.3. The third-order valence-corrected chi connectivity index (χ3v) is 4.68. The van der Waals surface area contributed by atoms with Gasteiger partial charge < -0.3 is 20.0 Å². The van der Waals surface area contributed by atoms with E-state index in [1.807, 2.05) is 43.7 Å². The van der Waals surface area contributed by atoms with Crippen molar-refractivity contribution in [3.05, 3.63) is 35.9 Å². The zero-order chi connectivity index (χ0) is 20.2. The average Bonchev–Trinajstić information content (AvgIpc) is 2.65. The molecule has 6 nitrogen and oxygen atoms in total. The fourth-order valence-electron chi connectivity index (χ4n) is 2.91. The molecule has 0 aliphatic heterocycles. The predicted octanol–water partition coefficient (Wildman–Crippen LogP) is 2.54. The summed E-state index contributed by atoms with van der Waals surface area (Å²) < 4.78 is 0. The number of likely N-dealkylation sites (N-methyl/N-ethyl adjacent to an activating group) is 3. The summed E-state index contributed by atoms with van der Waals surface area (Å²) in [4.78, 5) is 23.2. The Morgan fingerprint density at radius 2 is 1.68 bits per heavy atom. The second kappa shape index (κ2) is 14.6. The van der Waals surface area contributed by atoms with E-state index in [2.05, 4.69) is 48.6 Å². The lowest BCUT2D eigenvalue weighted by Crippen LogP contribution is -2.46. The first-order valence-corrected chi connectivity index (χ1v) is 9.90. The van der Waals surface area contributed by atoms with Gasteiger partial charge in [0.05, 0.1) is 13.1 Å². The van der Waals surface area contributed by atoms with E-state index in [0.717, 1.165) is 32.0 Å². The largest absolute Gasteiger partial charge is 0.357 e. The summed E-state index contributed by atoms with van der Waals surface area (Å²) in [6.07, 6.45) is 0.943. The van der Waals surface area contributed by atoms with E-state index in [1.165, 1.54) is 5.56 Å². The summed E-state index contributed by atoms with van der Waals surface area (Å²) in [5.41, 5.74) is 1.31. The van der Waals surface area contributed by atoms with Crippen LogP contribution < -0.4 is 5.32 Å². The van der Waals surface area contributed by atoms with Crippen LogP contribution in [0.1, 0.15) is 26.3 Å². The van der Waals surface area contributed by atoms with Gasteiger partial charge in [-0.05, 0) is 46.9 Å². The number of guanidine groups is 1. The average molecular weight is 503 g/mol. The van der Waals surface area contributed by atoms with Gasteiger partial charge in [-0.25, -0.2) is 0 Å². The number of hydrogen-bond donors (Lipinski definition) is 1. The van der Waals surface area contributed by atoms with Gasteiger partial charge in [0.25, 0.3) is 0 Å². The van der Waals surface area contributed by atoms with Crippen LogP contribution in [0.25, 0.3) is 0 Å². The van der Waals surface area contributed by atoms with Crippen LogP contribution in [0.3, 0.4) is 0 Å². The molecule has 0 heterocycles. The number of nitrogens with zero attached hydrogens (tertiary/aromatic N) is 4. The molecule has 0 aromatic heterocycles. The standard InChI is InChI=1S/C21H37N5O.HI/c1-7-22-21(25(6)17-20(27)26(8-2)9-3)23-16-19(24(4)5)15-18-13-11-10-12-14-18;/h10-14,19H,7-9,15-17H2,1-6H3,(H,22,23);1H. The van der Waals surface area contributed by atoms with Crippen LogP contribution in [0.5, 0.6) is 0 Å². The van der Waals surface area contributed by atoms with Crippen molar-refractivity contribution in [3.63, 3.8) is 0 Å². The Morgan fingerprint density at radius 1 is 1.07 bits per heavy atom. The monoisotopic (exact) mass is 503 g/mol. The topological polar surface area (TPSA) is 51.2 Å². The van der Waals surface area contributed by atoms with Crippen LogP contribution in [0.15, 0.2) is 35.3 Å². The van der Waals surface area contributed by atoms with Crippen molar-refractivity contribution in [2.75, 3.05) is 53.9 Å². The number of amides is 1. The quantitative estimate of drug-likeness (QED) is 0.303. The Morgan fingerprint density at radius 3 is 2.18 bits per heavy atom. The van der Waals surface area contributed by atoms with Gasteiger partial charge in [-0.3, -0.25) is 9.79 Å². The molecule has 0 saturated heterocycles. The number of aliphatic imine (C=N–C) groups is 1. The Kier molecular flexibility index (Phi) is 13.9. The molecule has 1 aromatic carbocycles. The summed E-state index contributed by atoms with van der Waals surface area (Å²) in [6.45, 7) is 9.30. The lowest BCUT2D eigenvalue weighted by molar-refractivity contribution is -0.131. The molecule has 1 unspecified atom stereocenters. The predicted molar refractivity (Wildman–Crippen MR) is 130 cm³/mol. The van der Waals surface area contributed by atoms with E-state index < -0.39 is 0 Å². The summed E-state index contributed by atoms with van der Waals surface area (Å²) in [6, 6.07) is 10.8.